The number of nitrogens with one attached hydrogen (secondary N) is 1. The van der Waals surface area contributed by atoms with Gasteiger partial charge in [-0.2, -0.15) is 0 Å². The number of hydrogen-bond acceptors (Lipinski definition) is 4. The summed E-state index contributed by atoms with van der Waals surface area (Å²) in [5, 5.41) is 2.71. The van der Waals surface area contributed by atoms with Crippen LogP contribution in [0.1, 0.15) is 13.3 Å². The van der Waals surface area contributed by atoms with Gasteiger partial charge in [0.15, 0.2) is 0 Å². The van der Waals surface area contributed by atoms with Gasteiger partial charge in [0.1, 0.15) is 11.5 Å². The summed E-state index contributed by atoms with van der Waals surface area (Å²) in [6, 6.07) is 5.29. The molecule has 0 atom stereocenters. The van der Waals surface area contributed by atoms with Crippen molar-refractivity contribution < 1.29 is 14.3 Å². The zero-order valence-corrected chi connectivity index (χ0v) is 11.1. The Balaban J connectivity index is 2.76. The van der Waals surface area contributed by atoms with Gasteiger partial charge < -0.3 is 14.8 Å². The second-order valence-electron chi connectivity index (χ2n) is 3.33. The number of ether oxygens (including phenoxy) is 2. The van der Waals surface area contributed by atoms with Gasteiger partial charge in [0.2, 0.25) is 0 Å². The van der Waals surface area contributed by atoms with Crippen molar-refractivity contribution in [2.45, 2.75) is 13.3 Å². The molecular formula is C12H17NO3S. The second kappa shape index (κ2) is 7.06. The van der Waals surface area contributed by atoms with Gasteiger partial charge in [-0.1, -0.05) is 18.7 Å². The summed E-state index contributed by atoms with van der Waals surface area (Å²) in [7, 11) is 3.15. The highest BCUT2D eigenvalue weighted by Crippen LogP contribution is 2.29. The minimum absolute atomic E-state index is 0.0848. The number of hydrogen-bond donors (Lipinski definition) is 1. The summed E-state index contributed by atoms with van der Waals surface area (Å²) in [5.74, 6) is 2.11. The lowest BCUT2D eigenvalue weighted by molar-refractivity contribution is 0.269. The van der Waals surface area contributed by atoms with Crippen LogP contribution in [0.25, 0.3) is 0 Å². The number of methoxy groups -OCH3 is 2. The van der Waals surface area contributed by atoms with Crippen LogP contribution >= 0.6 is 11.8 Å². The maximum absolute atomic E-state index is 11.6. The van der Waals surface area contributed by atoms with Crippen LogP contribution in [0.3, 0.4) is 0 Å². The molecule has 0 aromatic heterocycles. The largest absolute Gasteiger partial charge is 0.497 e. The van der Waals surface area contributed by atoms with E-state index in [1.807, 2.05) is 6.92 Å². The zero-order valence-electron chi connectivity index (χ0n) is 10.3. The fraction of sp³-hybridized carbons (Fsp3) is 0.417. The fourth-order valence-electron chi connectivity index (χ4n) is 1.25. The molecule has 0 unspecified atom stereocenters. The molecule has 17 heavy (non-hydrogen) atoms. The number of thioether (sulfide) groups is 1. The number of anilines is 1. The zero-order chi connectivity index (χ0) is 12.7. The third-order valence-electron chi connectivity index (χ3n) is 2.08. The third-order valence-corrected chi connectivity index (χ3v) is 3.06. The summed E-state index contributed by atoms with van der Waals surface area (Å²) in [6.07, 6.45) is 0.966. The van der Waals surface area contributed by atoms with E-state index < -0.39 is 0 Å². The number of carbonyl (C=O) groups is 1. The van der Waals surface area contributed by atoms with Gasteiger partial charge in [-0.15, -0.1) is 0 Å². The Hall–Kier alpha value is -1.36. The molecule has 4 nitrogen and oxygen atoms in total. The highest BCUT2D eigenvalue weighted by molar-refractivity contribution is 8.13. The van der Waals surface area contributed by atoms with E-state index in [4.69, 9.17) is 9.47 Å². The molecule has 1 rings (SSSR count). The molecule has 0 spiro atoms. The van der Waals surface area contributed by atoms with Crippen LogP contribution in [-0.2, 0) is 0 Å². The topological polar surface area (TPSA) is 47.6 Å². The van der Waals surface area contributed by atoms with E-state index in [9.17, 15) is 4.79 Å². The van der Waals surface area contributed by atoms with Crippen LogP contribution in [0.4, 0.5) is 10.5 Å². The van der Waals surface area contributed by atoms with Gasteiger partial charge in [-0.05, 0) is 18.6 Å². The van der Waals surface area contributed by atoms with Crippen LogP contribution < -0.4 is 14.8 Å². The molecule has 5 heteroatoms. The first-order chi connectivity index (χ1) is 8.21. The molecular weight excluding hydrogens is 238 g/mol. The Morgan fingerprint density at radius 2 is 2.12 bits per heavy atom. The maximum atomic E-state index is 11.6. The smallest absolute Gasteiger partial charge is 0.283 e. The van der Waals surface area contributed by atoms with Crippen LogP contribution in [-0.4, -0.2) is 25.2 Å². The minimum atomic E-state index is -0.0848. The van der Waals surface area contributed by atoms with Gasteiger partial charge in [0.25, 0.3) is 5.24 Å². The third kappa shape index (κ3) is 4.19. The van der Waals surface area contributed by atoms with Crippen molar-refractivity contribution in [1.82, 2.24) is 0 Å². The van der Waals surface area contributed by atoms with Gasteiger partial charge in [0.05, 0.1) is 19.9 Å². The quantitative estimate of drug-likeness (QED) is 0.876. The first kappa shape index (κ1) is 13.7. The predicted molar refractivity (Wildman–Crippen MR) is 71.3 cm³/mol. The lowest BCUT2D eigenvalue weighted by atomic mass is 10.3. The highest BCUT2D eigenvalue weighted by atomic mass is 32.2. The first-order valence-electron chi connectivity index (χ1n) is 5.37. The molecule has 1 N–H and O–H groups in total. The molecule has 1 amide bonds. The monoisotopic (exact) mass is 255 g/mol. The Kier molecular flexibility index (Phi) is 5.69. The van der Waals surface area contributed by atoms with Crippen molar-refractivity contribution in [1.29, 1.82) is 0 Å². The van der Waals surface area contributed by atoms with Crippen LogP contribution in [0.5, 0.6) is 11.5 Å². The number of carbonyl (C=O) groups excluding carboxylic acids is 1. The average molecular weight is 255 g/mol. The summed E-state index contributed by atoms with van der Waals surface area (Å²) < 4.78 is 10.3. The minimum Gasteiger partial charge on any atom is -0.497 e. The molecule has 0 aliphatic heterocycles. The van der Waals surface area contributed by atoms with Crippen LogP contribution in [0.15, 0.2) is 18.2 Å². The predicted octanol–water partition coefficient (Wildman–Crippen LogP) is 3.38. The van der Waals surface area contributed by atoms with Crippen molar-refractivity contribution in [3.8, 4) is 11.5 Å². The molecule has 0 saturated carbocycles. The molecule has 1 aromatic rings. The molecule has 1 aromatic carbocycles. The summed E-state index contributed by atoms with van der Waals surface area (Å²) in [4.78, 5) is 11.6. The molecule has 0 heterocycles. The van der Waals surface area contributed by atoms with Gasteiger partial charge >= 0.3 is 0 Å². The Morgan fingerprint density at radius 3 is 2.71 bits per heavy atom. The van der Waals surface area contributed by atoms with Gasteiger partial charge in [-0.25, -0.2) is 0 Å². The van der Waals surface area contributed by atoms with E-state index in [0.29, 0.717) is 17.2 Å². The SMILES string of the molecule is CCCSC(=O)Nc1cc(OC)ccc1OC. The average Bonchev–Trinajstić information content (AvgIpc) is 2.36. The van der Waals surface area contributed by atoms with Crippen molar-refractivity contribution in [2.75, 3.05) is 25.3 Å². The molecule has 0 aliphatic carbocycles. The van der Waals surface area contributed by atoms with Crippen LogP contribution in [0.2, 0.25) is 0 Å². The molecule has 94 valence electrons. The lowest BCUT2D eigenvalue weighted by Gasteiger charge is -2.11. The Morgan fingerprint density at radius 1 is 1.35 bits per heavy atom. The van der Waals surface area contributed by atoms with E-state index in [-0.39, 0.29) is 5.24 Å². The van der Waals surface area contributed by atoms with Crippen molar-refractivity contribution in [3.63, 3.8) is 0 Å². The lowest BCUT2D eigenvalue weighted by Crippen LogP contribution is -2.07. The van der Waals surface area contributed by atoms with Gasteiger partial charge in [0, 0.05) is 11.8 Å². The normalized spacial score (nSPS) is 9.82. The van der Waals surface area contributed by atoms with Crippen molar-refractivity contribution in [3.05, 3.63) is 18.2 Å². The number of amides is 1. The summed E-state index contributed by atoms with van der Waals surface area (Å²) in [6.45, 7) is 2.03. The molecule has 0 aliphatic rings. The Labute approximate surface area is 106 Å². The maximum Gasteiger partial charge on any atom is 0.283 e. The number of benzene rings is 1. The molecule has 0 bridgehead atoms. The van der Waals surface area contributed by atoms with E-state index >= 15 is 0 Å². The van der Waals surface area contributed by atoms with E-state index in [1.54, 1.807) is 32.4 Å². The standard InChI is InChI=1S/C12H17NO3S/c1-4-7-17-12(14)13-10-8-9(15-2)5-6-11(10)16-3/h5-6,8H,4,7H2,1-3H3,(H,13,14). The van der Waals surface area contributed by atoms with Crippen molar-refractivity contribution >= 4 is 22.7 Å². The Bertz CT molecular complexity index is 382. The van der Waals surface area contributed by atoms with E-state index in [0.717, 1.165) is 12.2 Å². The second-order valence-corrected chi connectivity index (χ2v) is 4.39. The van der Waals surface area contributed by atoms with Crippen molar-refractivity contribution in [2.24, 2.45) is 0 Å². The van der Waals surface area contributed by atoms with Gasteiger partial charge in [-0.3, -0.25) is 4.79 Å². The van der Waals surface area contributed by atoms with E-state index in [2.05, 4.69) is 5.32 Å². The highest BCUT2D eigenvalue weighted by Gasteiger charge is 2.08. The van der Waals surface area contributed by atoms with E-state index in [1.165, 1.54) is 11.8 Å². The van der Waals surface area contributed by atoms with Crippen LogP contribution in [0, 0.1) is 0 Å². The summed E-state index contributed by atoms with van der Waals surface area (Å²) in [5.41, 5.74) is 0.625. The summed E-state index contributed by atoms with van der Waals surface area (Å²) >= 11 is 1.26. The molecule has 0 radical (unpaired) electrons. The molecule has 0 fully saturated rings. The molecule has 0 saturated heterocycles. The number of rotatable bonds is 5. The first-order valence-corrected chi connectivity index (χ1v) is 6.35. The fourth-order valence-corrected chi connectivity index (χ4v) is 1.82.